The number of unbranched alkanes of at least 4 members (excludes halogenated alkanes) is 1. The highest BCUT2D eigenvalue weighted by atomic mass is 16.2. The smallest absolute Gasteiger partial charge is 0.259 e. The van der Waals surface area contributed by atoms with Gasteiger partial charge in [0, 0.05) is 48.2 Å². The van der Waals surface area contributed by atoms with Crippen LogP contribution in [0.5, 0.6) is 0 Å². The summed E-state index contributed by atoms with van der Waals surface area (Å²) in [6.45, 7) is 13.1. The molecule has 1 fully saturated rings. The first-order valence-electron chi connectivity index (χ1n) is 10.9. The summed E-state index contributed by atoms with van der Waals surface area (Å²) in [5.74, 6) is 0.612. The van der Waals surface area contributed by atoms with Gasteiger partial charge >= 0.3 is 0 Å². The first-order chi connectivity index (χ1) is 13.6. The fourth-order valence-corrected chi connectivity index (χ4v) is 4.67. The van der Waals surface area contributed by atoms with E-state index >= 15 is 0 Å². The second-order valence-electron chi connectivity index (χ2n) is 8.68. The Labute approximate surface area is 169 Å². The van der Waals surface area contributed by atoms with Crippen molar-refractivity contribution < 1.29 is 4.79 Å². The van der Waals surface area contributed by atoms with Crippen molar-refractivity contribution in [3.8, 4) is 0 Å². The van der Waals surface area contributed by atoms with Gasteiger partial charge in [0.05, 0.1) is 5.69 Å². The van der Waals surface area contributed by atoms with Gasteiger partial charge in [-0.1, -0.05) is 39.3 Å². The molecule has 0 aromatic heterocycles. The quantitative estimate of drug-likeness (QED) is 0.723. The van der Waals surface area contributed by atoms with Crippen LogP contribution in [0.1, 0.15) is 50.4 Å². The molecule has 4 nitrogen and oxygen atoms in total. The van der Waals surface area contributed by atoms with Crippen molar-refractivity contribution in [1.82, 2.24) is 4.90 Å². The van der Waals surface area contributed by atoms with Crippen LogP contribution in [-0.2, 0) is 0 Å². The Balaban J connectivity index is 1.66. The van der Waals surface area contributed by atoms with E-state index in [4.69, 9.17) is 0 Å². The average molecular weight is 380 g/mol. The Morgan fingerprint density at radius 3 is 2.61 bits per heavy atom. The lowest BCUT2D eigenvalue weighted by Gasteiger charge is -2.26. The number of nitrogens with zero attached hydrogens (tertiary/aromatic N) is 3. The normalized spacial score (nSPS) is 17.8. The number of amides is 1. The van der Waals surface area contributed by atoms with Gasteiger partial charge in [0.15, 0.2) is 0 Å². The van der Waals surface area contributed by atoms with Gasteiger partial charge in [-0.25, -0.2) is 0 Å². The first-order valence-corrected chi connectivity index (χ1v) is 10.9. The molecule has 2 aliphatic rings. The van der Waals surface area contributed by atoms with Gasteiger partial charge in [-0.05, 0) is 50.0 Å². The maximum absolute atomic E-state index is 13.0. The largest absolute Gasteiger partial charge is 0.370 e. The Kier molecular flexibility index (Phi) is 5.58. The lowest BCUT2D eigenvalue weighted by Crippen LogP contribution is -2.31. The molecule has 4 rings (SSSR count). The summed E-state index contributed by atoms with van der Waals surface area (Å²) in [7, 11) is 0. The Bertz CT molecular complexity index is 860. The van der Waals surface area contributed by atoms with Gasteiger partial charge in [-0.15, -0.1) is 0 Å². The monoisotopic (exact) mass is 379 g/mol. The molecule has 0 N–H and O–H groups in total. The number of carbonyl (C=O) groups is 1. The zero-order valence-electron chi connectivity index (χ0n) is 17.6. The molecule has 4 heteroatoms. The lowest BCUT2D eigenvalue weighted by atomic mass is 10.0. The summed E-state index contributed by atoms with van der Waals surface area (Å²) in [4.78, 5) is 20.1. The summed E-state index contributed by atoms with van der Waals surface area (Å²) in [5, 5.41) is 2.38. The number of rotatable bonds is 6. The number of anilines is 2. The minimum Gasteiger partial charge on any atom is -0.370 e. The number of hydrogen-bond acceptors (Lipinski definition) is 3. The van der Waals surface area contributed by atoms with Crippen molar-refractivity contribution in [3.05, 3.63) is 35.9 Å². The van der Waals surface area contributed by atoms with E-state index in [1.54, 1.807) is 0 Å². The van der Waals surface area contributed by atoms with Gasteiger partial charge in [0.1, 0.15) is 0 Å². The fraction of sp³-hybridized carbons (Fsp3) is 0.542. The minimum atomic E-state index is 0.160. The van der Waals surface area contributed by atoms with E-state index in [2.05, 4.69) is 48.8 Å². The van der Waals surface area contributed by atoms with Crippen LogP contribution in [0.3, 0.4) is 0 Å². The SMILES string of the molecule is CCCCN1CCCN(c2ccc3c4c(cccc24)C(=O)N3CC(C)C)CC1. The third kappa shape index (κ3) is 3.50. The van der Waals surface area contributed by atoms with E-state index in [-0.39, 0.29) is 5.91 Å². The third-order valence-electron chi connectivity index (χ3n) is 6.07. The summed E-state index contributed by atoms with van der Waals surface area (Å²) in [5.41, 5.74) is 3.25. The summed E-state index contributed by atoms with van der Waals surface area (Å²) in [6, 6.07) is 10.7. The zero-order chi connectivity index (χ0) is 19.7. The van der Waals surface area contributed by atoms with Crippen LogP contribution < -0.4 is 9.80 Å². The minimum absolute atomic E-state index is 0.160. The van der Waals surface area contributed by atoms with Gasteiger partial charge in [0.2, 0.25) is 0 Å². The molecule has 0 saturated carbocycles. The van der Waals surface area contributed by atoms with E-state index in [1.807, 2.05) is 17.0 Å². The van der Waals surface area contributed by atoms with E-state index < -0.39 is 0 Å². The molecule has 2 aliphatic heterocycles. The van der Waals surface area contributed by atoms with Crippen LogP contribution >= 0.6 is 0 Å². The Hall–Kier alpha value is -2.07. The predicted molar refractivity (Wildman–Crippen MR) is 119 cm³/mol. The standard InChI is InChI=1S/C24H33N3O/c1-4-5-12-25-13-7-14-26(16-15-25)21-10-11-22-23-19(21)8-6-9-20(23)24(28)27(22)17-18(2)3/h6,8-11,18H,4-5,7,12-17H2,1-3H3. The molecule has 2 heterocycles. The lowest BCUT2D eigenvalue weighted by molar-refractivity contribution is 0.0990. The molecule has 2 aromatic carbocycles. The number of benzene rings is 2. The van der Waals surface area contributed by atoms with Crippen molar-refractivity contribution >= 4 is 28.1 Å². The fourth-order valence-electron chi connectivity index (χ4n) is 4.67. The second kappa shape index (κ2) is 8.12. The molecular weight excluding hydrogens is 346 g/mol. The number of carbonyl (C=O) groups excluding carboxylic acids is 1. The molecule has 28 heavy (non-hydrogen) atoms. The highest BCUT2D eigenvalue weighted by Gasteiger charge is 2.31. The molecule has 2 aromatic rings. The second-order valence-corrected chi connectivity index (χ2v) is 8.68. The van der Waals surface area contributed by atoms with Gasteiger partial charge in [-0.3, -0.25) is 4.79 Å². The van der Waals surface area contributed by atoms with Gasteiger partial charge in [-0.2, -0.15) is 0 Å². The zero-order valence-corrected chi connectivity index (χ0v) is 17.6. The highest BCUT2D eigenvalue weighted by molar-refractivity contribution is 6.26. The molecule has 0 spiro atoms. The molecule has 1 amide bonds. The van der Waals surface area contributed by atoms with Crippen LogP contribution in [0.2, 0.25) is 0 Å². The van der Waals surface area contributed by atoms with Crippen LogP contribution in [0.25, 0.3) is 10.8 Å². The van der Waals surface area contributed by atoms with Gasteiger partial charge < -0.3 is 14.7 Å². The van der Waals surface area contributed by atoms with Crippen molar-refractivity contribution in [2.45, 2.75) is 40.0 Å². The Morgan fingerprint density at radius 2 is 1.82 bits per heavy atom. The molecule has 1 saturated heterocycles. The van der Waals surface area contributed by atoms with Crippen molar-refractivity contribution in [2.24, 2.45) is 5.92 Å². The molecular formula is C24H33N3O. The van der Waals surface area contributed by atoms with E-state index in [1.165, 1.54) is 43.4 Å². The maximum atomic E-state index is 13.0. The molecule has 150 valence electrons. The van der Waals surface area contributed by atoms with Gasteiger partial charge in [0.25, 0.3) is 5.91 Å². The Morgan fingerprint density at radius 1 is 1.00 bits per heavy atom. The number of hydrogen-bond donors (Lipinski definition) is 0. The summed E-state index contributed by atoms with van der Waals surface area (Å²) in [6.07, 6.45) is 3.75. The highest BCUT2D eigenvalue weighted by Crippen LogP contribution is 2.42. The molecule has 0 aliphatic carbocycles. The van der Waals surface area contributed by atoms with Crippen LogP contribution in [0.15, 0.2) is 30.3 Å². The van der Waals surface area contributed by atoms with Crippen LogP contribution in [-0.4, -0.2) is 50.1 Å². The summed E-state index contributed by atoms with van der Waals surface area (Å²) < 4.78 is 0. The summed E-state index contributed by atoms with van der Waals surface area (Å²) >= 11 is 0. The van der Waals surface area contributed by atoms with Crippen LogP contribution in [0.4, 0.5) is 11.4 Å². The molecule has 0 atom stereocenters. The maximum Gasteiger partial charge on any atom is 0.259 e. The molecule has 0 unspecified atom stereocenters. The van der Waals surface area contributed by atoms with E-state index in [0.29, 0.717) is 5.92 Å². The third-order valence-corrected chi connectivity index (χ3v) is 6.07. The van der Waals surface area contributed by atoms with Crippen molar-refractivity contribution in [1.29, 1.82) is 0 Å². The predicted octanol–water partition coefficient (Wildman–Crippen LogP) is 4.77. The van der Waals surface area contributed by atoms with E-state index in [0.717, 1.165) is 42.8 Å². The molecule has 0 bridgehead atoms. The average Bonchev–Trinajstić information content (AvgIpc) is 2.85. The molecule has 0 radical (unpaired) electrons. The van der Waals surface area contributed by atoms with E-state index in [9.17, 15) is 4.79 Å². The topological polar surface area (TPSA) is 26.8 Å². The van der Waals surface area contributed by atoms with Crippen molar-refractivity contribution in [2.75, 3.05) is 49.1 Å². The van der Waals surface area contributed by atoms with Crippen molar-refractivity contribution in [3.63, 3.8) is 0 Å². The van der Waals surface area contributed by atoms with Crippen LogP contribution in [0, 0.1) is 5.92 Å². The first kappa shape index (κ1) is 19.3.